The van der Waals surface area contributed by atoms with Crippen LogP contribution in [-0.2, 0) is 16.5 Å². The summed E-state index contributed by atoms with van der Waals surface area (Å²) < 4.78 is 24.0. The van der Waals surface area contributed by atoms with Crippen molar-refractivity contribution < 1.29 is 18.9 Å². The smallest absolute Gasteiger partial charge is 0.122 e. The van der Waals surface area contributed by atoms with Crippen LogP contribution in [0.1, 0.15) is 11.1 Å². The fraction of sp³-hybridized carbons (Fsp3) is 0.375. The Kier molecular flexibility index (Phi) is 4.97. The molecule has 3 heterocycles. The number of rotatable bonds is 8. The maximum atomic E-state index is 5.85. The second-order valence-corrected chi connectivity index (χ2v) is 8.03. The molecule has 0 aliphatic carbocycles. The summed E-state index contributed by atoms with van der Waals surface area (Å²) in [7, 11) is 1.98. The summed E-state index contributed by atoms with van der Waals surface area (Å²) in [6.45, 7) is 6.96. The number of hydrogen-bond acceptors (Lipinski definition) is 5. The molecule has 0 radical (unpaired) electrons. The predicted octanol–water partition coefficient (Wildman–Crippen LogP) is 3.93. The van der Waals surface area contributed by atoms with Crippen molar-refractivity contribution in [3.05, 3.63) is 53.6 Å². The van der Waals surface area contributed by atoms with Crippen LogP contribution in [0.2, 0.25) is 0 Å². The Bertz CT molecular complexity index is 1070. The molecule has 3 aromatic rings. The summed E-state index contributed by atoms with van der Waals surface area (Å²) in [5.74, 6) is 1.80. The van der Waals surface area contributed by atoms with Crippen molar-refractivity contribution in [1.82, 2.24) is 9.78 Å². The minimum Gasteiger partial charge on any atom is -0.491 e. The Morgan fingerprint density at radius 3 is 1.93 bits per heavy atom. The lowest BCUT2D eigenvalue weighted by molar-refractivity contribution is 0.262. The normalized spacial score (nSPS) is 19.6. The Morgan fingerprint density at radius 1 is 0.867 bits per heavy atom. The number of ether oxygens (including phenoxy) is 4. The number of benzene rings is 2. The van der Waals surface area contributed by atoms with E-state index in [1.165, 1.54) is 0 Å². The van der Waals surface area contributed by atoms with E-state index in [0.29, 0.717) is 13.2 Å². The number of aryl methyl sites for hydroxylation is 3. The monoisotopic (exact) mass is 406 g/mol. The van der Waals surface area contributed by atoms with Gasteiger partial charge in [-0.25, -0.2) is 0 Å². The lowest BCUT2D eigenvalue weighted by Gasteiger charge is -2.10. The van der Waals surface area contributed by atoms with E-state index in [9.17, 15) is 0 Å². The molecule has 30 heavy (non-hydrogen) atoms. The molecule has 1 aromatic heterocycles. The van der Waals surface area contributed by atoms with Gasteiger partial charge in [-0.05, 0) is 67.4 Å². The van der Waals surface area contributed by atoms with Crippen LogP contribution in [-0.4, -0.2) is 48.4 Å². The Hall–Kier alpha value is -2.83. The summed E-state index contributed by atoms with van der Waals surface area (Å²) >= 11 is 0. The molecule has 5 rings (SSSR count). The summed E-state index contributed by atoms with van der Waals surface area (Å²) in [5.41, 5.74) is 6.39. The second kappa shape index (κ2) is 7.78. The van der Waals surface area contributed by atoms with Crippen molar-refractivity contribution in [3.8, 4) is 34.0 Å². The highest BCUT2D eigenvalue weighted by Gasteiger charge is 2.24. The first-order valence-corrected chi connectivity index (χ1v) is 10.3. The van der Waals surface area contributed by atoms with Gasteiger partial charge in [0.05, 0.1) is 24.6 Å². The highest BCUT2D eigenvalue weighted by atomic mass is 16.6. The minimum atomic E-state index is 0.254. The zero-order chi connectivity index (χ0) is 20.7. The first-order chi connectivity index (χ1) is 14.6. The van der Waals surface area contributed by atoms with Crippen molar-refractivity contribution in [2.45, 2.75) is 26.1 Å². The third-order valence-electron chi connectivity index (χ3n) is 5.48. The number of nitrogens with zero attached hydrogens (tertiary/aromatic N) is 2. The maximum Gasteiger partial charge on any atom is 0.122 e. The fourth-order valence-electron chi connectivity index (χ4n) is 3.51. The minimum absolute atomic E-state index is 0.254. The highest BCUT2D eigenvalue weighted by molar-refractivity contribution is 5.70. The first-order valence-electron chi connectivity index (χ1n) is 10.3. The van der Waals surface area contributed by atoms with E-state index >= 15 is 0 Å². The average molecular weight is 406 g/mol. The Balaban J connectivity index is 1.35. The number of epoxide rings is 2. The largest absolute Gasteiger partial charge is 0.491 e. The van der Waals surface area contributed by atoms with E-state index in [0.717, 1.165) is 58.4 Å². The molecule has 2 unspecified atom stereocenters. The molecule has 6 heteroatoms. The first kappa shape index (κ1) is 19.2. The van der Waals surface area contributed by atoms with Crippen LogP contribution >= 0.6 is 0 Å². The zero-order valence-electron chi connectivity index (χ0n) is 17.6. The zero-order valence-corrected chi connectivity index (χ0v) is 17.6. The van der Waals surface area contributed by atoms with E-state index < -0.39 is 0 Å². The maximum absolute atomic E-state index is 5.85. The number of aromatic nitrogens is 2. The molecule has 2 saturated heterocycles. The van der Waals surface area contributed by atoms with Gasteiger partial charge in [0.25, 0.3) is 0 Å². The Morgan fingerprint density at radius 2 is 1.40 bits per heavy atom. The van der Waals surface area contributed by atoms with Crippen LogP contribution in [0.15, 0.2) is 42.5 Å². The van der Waals surface area contributed by atoms with Gasteiger partial charge in [-0.1, -0.05) is 0 Å². The predicted molar refractivity (Wildman–Crippen MR) is 114 cm³/mol. The van der Waals surface area contributed by atoms with Crippen LogP contribution in [0, 0.1) is 13.8 Å². The van der Waals surface area contributed by atoms with Crippen molar-refractivity contribution >= 4 is 0 Å². The van der Waals surface area contributed by atoms with E-state index in [4.69, 9.17) is 24.0 Å². The van der Waals surface area contributed by atoms with Crippen molar-refractivity contribution in [2.75, 3.05) is 26.4 Å². The highest BCUT2D eigenvalue weighted by Crippen LogP contribution is 2.31. The molecule has 2 fully saturated rings. The van der Waals surface area contributed by atoms with Gasteiger partial charge in [-0.15, -0.1) is 0 Å². The van der Waals surface area contributed by atoms with Crippen LogP contribution in [0.4, 0.5) is 0 Å². The molecule has 2 atom stereocenters. The van der Waals surface area contributed by atoms with Gasteiger partial charge >= 0.3 is 0 Å². The van der Waals surface area contributed by atoms with Crippen molar-refractivity contribution in [1.29, 1.82) is 0 Å². The fourth-order valence-corrected chi connectivity index (χ4v) is 3.51. The molecule has 0 bridgehead atoms. The van der Waals surface area contributed by atoms with Crippen molar-refractivity contribution in [2.24, 2.45) is 7.05 Å². The van der Waals surface area contributed by atoms with E-state index in [-0.39, 0.29) is 12.2 Å². The second-order valence-electron chi connectivity index (χ2n) is 8.03. The number of hydrogen-bond donors (Lipinski definition) is 0. The van der Waals surface area contributed by atoms with Crippen LogP contribution in [0.5, 0.6) is 11.5 Å². The van der Waals surface area contributed by atoms with E-state index in [2.05, 4.69) is 44.2 Å². The summed E-state index contributed by atoms with van der Waals surface area (Å²) in [6.07, 6.45) is 0.510. The van der Waals surface area contributed by atoms with Gasteiger partial charge in [0.15, 0.2) is 0 Å². The summed E-state index contributed by atoms with van der Waals surface area (Å²) in [6, 6.07) is 14.6. The molecule has 0 N–H and O–H groups in total. The molecule has 6 nitrogen and oxygen atoms in total. The van der Waals surface area contributed by atoms with Gasteiger partial charge < -0.3 is 18.9 Å². The van der Waals surface area contributed by atoms with Crippen LogP contribution in [0.3, 0.4) is 0 Å². The molecular formula is C24H26N2O4. The molecule has 2 aliphatic rings. The van der Waals surface area contributed by atoms with E-state index in [1.54, 1.807) is 0 Å². The standard InChI is InChI=1S/C24H26N2O4/c1-15-8-17(4-6-23(15)29-13-19-11-27-19)21-10-22(26(3)25-21)18-5-7-24(16(2)9-18)30-14-20-12-28-20/h4-10,19-20H,11-14H2,1-3H3. The molecule has 2 aromatic carbocycles. The molecular weight excluding hydrogens is 380 g/mol. The lowest BCUT2D eigenvalue weighted by Crippen LogP contribution is -2.05. The van der Waals surface area contributed by atoms with Gasteiger partial charge in [0, 0.05) is 18.2 Å². The van der Waals surface area contributed by atoms with Crippen molar-refractivity contribution in [3.63, 3.8) is 0 Å². The molecule has 0 spiro atoms. The van der Waals surface area contributed by atoms with Gasteiger partial charge in [0.2, 0.25) is 0 Å². The van der Waals surface area contributed by atoms with Gasteiger partial charge in [0.1, 0.15) is 36.9 Å². The SMILES string of the molecule is Cc1cc(-c2cc(-c3ccc(OCC4CO4)c(C)c3)n(C)n2)ccc1OCC1CO1. The van der Waals surface area contributed by atoms with Gasteiger partial charge in [-0.2, -0.15) is 5.10 Å². The molecule has 2 aliphatic heterocycles. The quantitative estimate of drug-likeness (QED) is 0.531. The van der Waals surface area contributed by atoms with Crippen LogP contribution in [0.25, 0.3) is 22.5 Å². The molecule has 0 amide bonds. The molecule has 156 valence electrons. The topological polar surface area (TPSA) is 61.3 Å². The van der Waals surface area contributed by atoms with Gasteiger partial charge in [-0.3, -0.25) is 4.68 Å². The Labute approximate surface area is 176 Å². The third kappa shape index (κ3) is 4.20. The molecule has 0 saturated carbocycles. The summed E-state index contributed by atoms with van der Waals surface area (Å²) in [5, 5.41) is 4.74. The van der Waals surface area contributed by atoms with E-state index in [1.807, 2.05) is 23.9 Å². The average Bonchev–Trinajstić information content (AvgIpc) is 3.65. The summed E-state index contributed by atoms with van der Waals surface area (Å²) in [4.78, 5) is 0. The van der Waals surface area contributed by atoms with Crippen LogP contribution < -0.4 is 9.47 Å². The lowest BCUT2D eigenvalue weighted by atomic mass is 10.0. The third-order valence-corrected chi connectivity index (χ3v) is 5.48.